The summed E-state index contributed by atoms with van der Waals surface area (Å²) in [6, 6.07) is 2.83. The van der Waals surface area contributed by atoms with E-state index in [9.17, 15) is 9.59 Å². The fourth-order valence-corrected chi connectivity index (χ4v) is 1.94. The second kappa shape index (κ2) is 6.63. The van der Waals surface area contributed by atoms with Gasteiger partial charge in [-0.1, -0.05) is 30.1 Å². The third-order valence-corrected chi connectivity index (χ3v) is 3.10. The smallest absolute Gasteiger partial charge is 0.303 e. The number of benzene rings is 1. The van der Waals surface area contributed by atoms with Gasteiger partial charge in [0, 0.05) is 18.5 Å². The van der Waals surface area contributed by atoms with Crippen LogP contribution in [0.4, 0.5) is 5.69 Å². The van der Waals surface area contributed by atoms with Crippen molar-refractivity contribution in [2.45, 2.75) is 13.3 Å². The van der Waals surface area contributed by atoms with Crippen LogP contribution >= 0.6 is 23.2 Å². The normalized spacial score (nSPS) is 11.9. The molecule has 0 spiro atoms. The van der Waals surface area contributed by atoms with E-state index in [2.05, 4.69) is 5.32 Å². The summed E-state index contributed by atoms with van der Waals surface area (Å²) >= 11 is 11.7. The highest BCUT2D eigenvalue weighted by molar-refractivity contribution is 6.39. The maximum atomic E-state index is 11.8. The Labute approximate surface area is 120 Å². The van der Waals surface area contributed by atoms with Gasteiger partial charge in [0.25, 0.3) is 5.91 Å². The maximum absolute atomic E-state index is 11.8. The molecule has 0 aliphatic carbocycles. The molecule has 0 aliphatic rings. The summed E-state index contributed by atoms with van der Waals surface area (Å²) in [6.45, 7) is 1.99. The molecule has 1 aromatic rings. The fourth-order valence-electron chi connectivity index (χ4n) is 1.45. The lowest BCUT2D eigenvalue weighted by Gasteiger charge is -2.11. The van der Waals surface area contributed by atoms with Crippen LogP contribution in [0.5, 0.6) is 0 Å². The molecule has 0 saturated heterocycles. The van der Waals surface area contributed by atoms with Crippen LogP contribution in [0.25, 0.3) is 0 Å². The molecule has 0 aromatic heterocycles. The van der Waals surface area contributed by atoms with Crippen LogP contribution in [0.1, 0.15) is 23.7 Å². The number of anilines is 1. The van der Waals surface area contributed by atoms with E-state index in [4.69, 9.17) is 34.0 Å². The van der Waals surface area contributed by atoms with Crippen molar-refractivity contribution in [2.24, 2.45) is 5.92 Å². The van der Waals surface area contributed by atoms with Crippen molar-refractivity contribution >= 4 is 40.8 Å². The largest absolute Gasteiger partial charge is 0.481 e. The summed E-state index contributed by atoms with van der Waals surface area (Å²) < 4.78 is 0. The summed E-state index contributed by atoms with van der Waals surface area (Å²) in [6.07, 6.45) is -0.0104. The Bertz CT molecular complexity index is 483. The standard InChI is InChI=1S/C12H14Cl2N2O3/c1-6(2-10(17)18)5-16-12(19)7-3-8(13)11(15)9(14)4-7/h3-4,6H,2,5,15H2,1H3,(H,16,19)(H,17,18). The third-order valence-electron chi connectivity index (χ3n) is 2.48. The molecule has 7 heteroatoms. The molecule has 1 aromatic carbocycles. The van der Waals surface area contributed by atoms with Crippen molar-refractivity contribution in [3.05, 3.63) is 27.7 Å². The third kappa shape index (κ3) is 4.61. The van der Waals surface area contributed by atoms with Crippen LogP contribution in [-0.4, -0.2) is 23.5 Å². The molecule has 1 rings (SSSR count). The fraction of sp³-hybridized carbons (Fsp3) is 0.333. The number of carbonyl (C=O) groups excluding carboxylic acids is 1. The van der Waals surface area contributed by atoms with E-state index in [1.54, 1.807) is 6.92 Å². The van der Waals surface area contributed by atoms with Crippen molar-refractivity contribution in [1.82, 2.24) is 5.32 Å². The molecule has 0 heterocycles. The van der Waals surface area contributed by atoms with Crippen LogP contribution in [0, 0.1) is 5.92 Å². The van der Waals surface area contributed by atoms with E-state index in [0.717, 1.165) is 0 Å². The average Bonchev–Trinajstić information content (AvgIpc) is 2.31. The Hall–Kier alpha value is -1.46. The Morgan fingerprint density at radius 1 is 1.37 bits per heavy atom. The lowest BCUT2D eigenvalue weighted by molar-refractivity contribution is -0.137. The summed E-state index contributed by atoms with van der Waals surface area (Å²) in [5, 5.41) is 11.6. The zero-order chi connectivity index (χ0) is 14.6. The molecule has 4 N–H and O–H groups in total. The molecule has 1 atom stereocenters. The molecular weight excluding hydrogens is 291 g/mol. The molecule has 0 fully saturated rings. The molecule has 0 radical (unpaired) electrons. The quantitative estimate of drug-likeness (QED) is 0.728. The first-order valence-corrected chi connectivity index (χ1v) is 6.31. The Morgan fingerprint density at radius 2 is 1.89 bits per heavy atom. The summed E-state index contributed by atoms with van der Waals surface area (Å²) in [4.78, 5) is 22.3. The van der Waals surface area contributed by atoms with Crippen molar-refractivity contribution in [3.63, 3.8) is 0 Å². The Morgan fingerprint density at radius 3 is 2.37 bits per heavy atom. The number of carboxylic acid groups (broad SMARTS) is 1. The number of amides is 1. The lowest BCUT2D eigenvalue weighted by atomic mass is 10.1. The number of aliphatic carboxylic acids is 1. The van der Waals surface area contributed by atoms with E-state index in [-0.39, 0.29) is 46.1 Å². The van der Waals surface area contributed by atoms with Gasteiger partial charge in [-0.2, -0.15) is 0 Å². The number of halogens is 2. The average molecular weight is 305 g/mol. The molecule has 1 unspecified atom stereocenters. The van der Waals surface area contributed by atoms with E-state index in [1.165, 1.54) is 12.1 Å². The highest BCUT2D eigenvalue weighted by Gasteiger charge is 2.13. The molecule has 0 bridgehead atoms. The first-order chi connectivity index (χ1) is 8.81. The highest BCUT2D eigenvalue weighted by atomic mass is 35.5. The first kappa shape index (κ1) is 15.6. The minimum absolute atomic E-state index is 0.0104. The number of carboxylic acids is 1. The van der Waals surface area contributed by atoms with Crippen molar-refractivity contribution in [1.29, 1.82) is 0 Å². The van der Waals surface area contributed by atoms with Crippen molar-refractivity contribution < 1.29 is 14.7 Å². The summed E-state index contributed by atoms with van der Waals surface area (Å²) in [7, 11) is 0. The number of nitrogens with two attached hydrogens (primary N) is 1. The first-order valence-electron chi connectivity index (χ1n) is 5.55. The van der Waals surface area contributed by atoms with Gasteiger partial charge < -0.3 is 16.2 Å². The van der Waals surface area contributed by atoms with Gasteiger partial charge in [-0.15, -0.1) is 0 Å². The van der Waals surface area contributed by atoms with E-state index < -0.39 is 5.97 Å². The Balaban J connectivity index is 2.66. The molecule has 5 nitrogen and oxygen atoms in total. The molecule has 1 amide bonds. The van der Waals surface area contributed by atoms with Gasteiger partial charge in [0.15, 0.2) is 0 Å². The molecular formula is C12H14Cl2N2O3. The molecule has 0 saturated carbocycles. The van der Waals surface area contributed by atoms with Crippen LogP contribution in [0.3, 0.4) is 0 Å². The van der Waals surface area contributed by atoms with Gasteiger partial charge in [0.05, 0.1) is 15.7 Å². The minimum atomic E-state index is -0.902. The van der Waals surface area contributed by atoms with Crippen LogP contribution in [0.2, 0.25) is 10.0 Å². The van der Waals surface area contributed by atoms with Gasteiger partial charge in [-0.05, 0) is 18.1 Å². The highest BCUT2D eigenvalue weighted by Crippen LogP contribution is 2.28. The number of rotatable bonds is 5. The summed E-state index contributed by atoms with van der Waals surface area (Å²) in [5.74, 6) is -1.44. The van der Waals surface area contributed by atoms with E-state index in [1.807, 2.05) is 0 Å². The molecule has 0 aliphatic heterocycles. The van der Waals surface area contributed by atoms with Gasteiger partial charge in [-0.3, -0.25) is 9.59 Å². The summed E-state index contributed by atoms with van der Waals surface area (Å²) in [5.41, 5.74) is 6.07. The number of nitrogens with one attached hydrogen (secondary N) is 1. The number of nitrogen functional groups attached to an aromatic ring is 1. The second-order valence-corrected chi connectivity index (χ2v) is 5.08. The van der Waals surface area contributed by atoms with E-state index in [0.29, 0.717) is 0 Å². The van der Waals surface area contributed by atoms with Gasteiger partial charge in [0.1, 0.15) is 0 Å². The number of carbonyl (C=O) groups is 2. The zero-order valence-corrected chi connectivity index (χ0v) is 11.8. The Kier molecular flexibility index (Phi) is 5.44. The van der Waals surface area contributed by atoms with E-state index >= 15 is 0 Å². The lowest BCUT2D eigenvalue weighted by Crippen LogP contribution is -2.29. The zero-order valence-electron chi connectivity index (χ0n) is 10.2. The van der Waals surface area contributed by atoms with Crippen LogP contribution in [-0.2, 0) is 4.79 Å². The predicted octanol–water partition coefficient (Wildman–Crippen LogP) is 2.42. The predicted molar refractivity (Wildman–Crippen MR) is 74.6 cm³/mol. The topological polar surface area (TPSA) is 92.4 Å². The monoisotopic (exact) mass is 304 g/mol. The SMILES string of the molecule is CC(CNC(=O)c1cc(Cl)c(N)c(Cl)c1)CC(=O)O. The molecule has 104 valence electrons. The second-order valence-electron chi connectivity index (χ2n) is 4.27. The van der Waals surface area contributed by atoms with Crippen molar-refractivity contribution in [3.8, 4) is 0 Å². The molecule has 19 heavy (non-hydrogen) atoms. The maximum Gasteiger partial charge on any atom is 0.303 e. The minimum Gasteiger partial charge on any atom is -0.481 e. The van der Waals surface area contributed by atoms with Gasteiger partial charge >= 0.3 is 5.97 Å². The van der Waals surface area contributed by atoms with Crippen molar-refractivity contribution in [2.75, 3.05) is 12.3 Å². The number of hydrogen-bond acceptors (Lipinski definition) is 3. The van der Waals surface area contributed by atoms with Crippen LogP contribution in [0.15, 0.2) is 12.1 Å². The van der Waals surface area contributed by atoms with Gasteiger partial charge in [0.2, 0.25) is 0 Å². The van der Waals surface area contributed by atoms with Gasteiger partial charge in [-0.25, -0.2) is 0 Å². The number of hydrogen-bond donors (Lipinski definition) is 3. The van der Waals surface area contributed by atoms with Crippen LogP contribution < -0.4 is 11.1 Å².